The summed E-state index contributed by atoms with van der Waals surface area (Å²) in [5.74, 6) is 1.17. The summed E-state index contributed by atoms with van der Waals surface area (Å²) in [5.41, 5.74) is 11.2. The number of hydrogen-bond acceptors (Lipinski definition) is 2. The summed E-state index contributed by atoms with van der Waals surface area (Å²) in [7, 11) is 0. The summed E-state index contributed by atoms with van der Waals surface area (Å²) in [6.07, 6.45) is 6.19. The van der Waals surface area contributed by atoms with Crippen LogP contribution in [-0.2, 0) is 19.3 Å². The highest BCUT2D eigenvalue weighted by Gasteiger charge is 2.10. The van der Waals surface area contributed by atoms with Crippen LogP contribution in [0.5, 0.6) is 0 Å². The Balaban J connectivity index is 1.48. The van der Waals surface area contributed by atoms with Crippen LogP contribution in [0.2, 0.25) is 0 Å². The van der Waals surface area contributed by atoms with Gasteiger partial charge >= 0.3 is 0 Å². The molecule has 2 aromatic carbocycles. The van der Waals surface area contributed by atoms with Crippen LogP contribution >= 0.6 is 11.8 Å². The van der Waals surface area contributed by atoms with E-state index < -0.39 is 0 Å². The van der Waals surface area contributed by atoms with Crippen LogP contribution in [0.1, 0.15) is 29.5 Å². The fourth-order valence-electron chi connectivity index (χ4n) is 2.85. The van der Waals surface area contributed by atoms with Crippen molar-refractivity contribution in [1.29, 1.82) is 0 Å². The number of rotatable bonds is 5. The summed E-state index contributed by atoms with van der Waals surface area (Å²) in [5, 5.41) is 0. The van der Waals surface area contributed by atoms with Crippen LogP contribution in [0.3, 0.4) is 0 Å². The van der Waals surface area contributed by atoms with Gasteiger partial charge in [0.25, 0.3) is 0 Å². The Morgan fingerprint density at radius 2 is 1.90 bits per heavy atom. The first-order valence-electron chi connectivity index (χ1n) is 7.40. The number of nitrogen functional groups attached to an aromatic ring is 1. The molecule has 0 fully saturated rings. The third kappa shape index (κ3) is 3.37. The number of hydrogen-bond donors (Lipinski definition) is 1. The standard InChI is InChI=1S/C18H21NS/c19-17-8-1-4-14(12-17)5-3-11-20-18-10-9-15-6-2-7-16(15)13-18/h1,4,8-10,12-13H,2-3,5-7,11,19H2. The minimum absolute atomic E-state index is 0.869. The van der Waals surface area contributed by atoms with Crippen molar-refractivity contribution in [3.8, 4) is 0 Å². The largest absolute Gasteiger partial charge is 0.399 e. The molecule has 1 aliphatic rings. The van der Waals surface area contributed by atoms with Gasteiger partial charge in [0, 0.05) is 10.6 Å². The van der Waals surface area contributed by atoms with E-state index in [2.05, 4.69) is 30.3 Å². The molecule has 0 heterocycles. The molecular weight excluding hydrogens is 262 g/mol. The fraction of sp³-hybridized carbons (Fsp3) is 0.333. The molecule has 0 spiro atoms. The second-order valence-electron chi connectivity index (χ2n) is 5.48. The summed E-state index contributed by atoms with van der Waals surface area (Å²) in [4.78, 5) is 1.43. The SMILES string of the molecule is Nc1cccc(CCCSc2ccc3c(c2)CCC3)c1. The van der Waals surface area contributed by atoms with Crippen LogP contribution in [0, 0.1) is 0 Å². The van der Waals surface area contributed by atoms with Gasteiger partial charge in [-0.25, -0.2) is 0 Å². The topological polar surface area (TPSA) is 26.0 Å². The molecule has 1 aliphatic carbocycles. The monoisotopic (exact) mass is 283 g/mol. The van der Waals surface area contributed by atoms with E-state index in [1.54, 1.807) is 11.1 Å². The highest BCUT2D eigenvalue weighted by molar-refractivity contribution is 7.99. The Bertz CT molecular complexity index is 592. The minimum Gasteiger partial charge on any atom is -0.399 e. The van der Waals surface area contributed by atoms with Crippen LogP contribution in [0.25, 0.3) is 0 Å². The molecule has 0 unspecified atom stereocenters. The van der Waals surface area contributed by atoms with Crippen LogP contribution in [0.4, 0.5) is 5.69 Å². The predicted molar refractivity (Wildman–Crippen MR) is 88.4 cm³/mol. The highest BCUT2D eigenvalue weighted by Crippen LogP contribution is 2.28. The first kappa shape index (κ1) is 13.6. The van der Waals surface area contributed by atoms with Crippen molar-refractivity contribution in [3.05, 3.63) is 59.2 Å². The molecule has 1 nitrogen and oxygen atoms in total. The smallest absolute Gasteiger partial charge is 0.0316 e. The predicted octanol–water partition coefficient (Wildman–Crippen LogP) is 4.48. The lowest BCUT2D eigenvalue weighted by Crippen LogP contribution is -1.91. The zero-order chi connectivity index (χ0) is 13.8. The number of benzene rings is 2. The van der Waals surface area contributed by atoms with Crippen LogP contribution < -0.4 is 5.73 Å². The number of nitrogens with two attached hydrogens (primary N) is 1. The van der Waals surface area contributed by atoms with Crippen molar-refractivity contribution in [2.75, 3.05) is 11.5 Å². The molecule has 2 N–H and O–H groups in total. The summed E-state index contributed by atoms with van der Waals surface area (Å²) in [6, 6.07) is 15.2. The highest BCUT2D eigenvalue weighted by atomic mass is 32.2. The fourth-order valence-corrected chi connectivity index (χ4v) is 3.77. The third-order valence-corrected chi connectivity index (χ3v) is 4.98. The summed E-state index contributed by atoms with van der Waals surface area (Å²) in [6.45, 7) is 0. The zero-order valence-corrected chi connectivity index (χ0v) is 12.6. The van der Waals surface area contributed by atoms with Crippen LogP contribution in [0.15, 0.2) is 47.4 Å². The summed E-state index contributed by atoms with van der Waals surface area (Å²) < 4.78 is 0. The lowest BCUT2D eigenvalue weighted by Gasteiger charge is -2.05. The van der Waals surface area contributed by atoms with Gasteiger partial charge in [-0.1, -0.05) is 18.2 Å². The number of aryl methyl sites for hydroxylation is 3. The minimum atomic E-state index is 0.869. The normalized spacial score (nSPS) is 13.4. The van der Waals surface area contributed by atoms with E-state index in [0.717, 1.165) is 12.1 Å². The Kier molecular flexibility index (Phi) is 4.31. The number of anilines is 1. The van der Waals surface area contributed by atoms with E-state index >= 15 is 0 Å². The Morgan fingerprint density at radius 1 is 1.00 bits per heavy atom. The van der Waals surface area contributed by atoms with Gasteiger partial charge in [0.2, 0.25) is 0 Å². The third-order valence-electron chi connectivity index (χ3n) is 3.90. The maximum Gasteiger partial charge on any atom is 0.0316 e. The van der Waals surface area contributed by atoms with Crippen molar-refractivity contribution in [2.24, 2.45) is 0 Å². The van der Waals surface area contributed by atoms with E-state index in [-0.39, 0.29) is 0 Å². The van der Waals surface area contributed by atoms with Crippen molar-refractivity contribution < 1.29 is 0 Å². The van der Waals surface area contributed by atoms with Gasteiger partial charge in [0.05, 0.1) is 0 Å². The molecule has 0 aromatic heterocycles. The lowest BCUT2D eigenvalue weighted by atomic mass is 10.1. The molecule has 0 aliphatic heterocycles. The van der Waals surface area contributed by atoms with Gasteiger partial charge in [0.15, 0.2) is 0 Å². The van der Waals surface area contributed by atoms with Crippen molar-refractivity contribution in [1.82, 2.24) is 0 Å². The molecule has 0 bridgehead atoms. The van der Waals surface area contributed by atoms with Gasteiger partial charge in [-0.3, -0.25) is 0 Å². The molecule has 3 rings (SSSR count). The van der Waals surface area contributed by atoms with E-state index in [4.69, 9.17) is 5.73 Å². The van der Waals surface area contributed by atoms with Crippen molar-refractivity contribution >= 4 is 17.4 Å². The Labute approximate surface area is 125 Å². The maximum absolute atomic E-state index is 5.80. The lowest BCUT2D eigenvalue weighted by molar-refractivity contribution is 0.911. The van der Waals surface area contributed by atoms with Crippen molar-refractivity contribution in [3.63, 3.8) is 0 Å². The average molecular weight is 283 g/mol. The second kappa shape index (κ2) is 6.36. The van der Waals surface area contributed by atoms with Gasteiger partial charge in [-0.2, -0.15) is 0 Å². The van der Waals surface area contributed by atoms with Gasteiger partial charge in [-0.05, 0) is 78.8 Å². The maximum atomic E-state index is 5.80. The molecule has 2 aromatic rings. The van der Waals surface area contributed by atoms with E-state index in [1.807, 2.05) is 23.9 Å². The molecule has 2 heteroatoms. The molecular formula is C18H21NS. The number of fused-ring (bicyclic) bond motifs is 1. The van der Waals surface area contributed by atoms with Crippen molar-refractivity contribution in [2.45, 2.75) is 37.0 Å². The molecule has 0 saturated carbocycles. The number of thioether (sulfide) groups is 1. The van der Waals surface area contributed by atoms with Crippen LogP contribution in [-0.4, -0.2) is 5.75 Å². The summed E-state index contributed by atoms with van der Waals surface area (Å²) >= 11 is 1.98. The van der Waals surface area contributed by atoms with Gasteiger partial charge in [-0.15, -0.1) is 11.8 Å². The molecule has 20 heavy (non-hydrogen) atoms. The molecule has 0 radical (unpaired) electrons. The first-order valence-corrected chi connectivity index (χ1v) is 8.39. The molecule has 0 saturated heterocycles. The van der Waals surface area contributed by atoms with Gasteiger partial charge in [0.1, 0.15) is 0 Å². The Hall–Kier alpha value is -1.41. The molecule has 0 atom stereocenters. The molecule has 0 amide bonds. The Morgan fingerprint density at radius 3 is 2.80 bits per heavy atom. The van der Waals surface area contributed by atoms with E-state index in [1.165, 1.54) is 41.9 Å². The van der Waals surface area contributed by atoms with E-state index in [0.29, 0.717) is 0 Å². The van der Waals surface area contributed by atoms with Gasteiger partial charge < -0.3 is 5.73 Å². The second-order valence-corrected chi connectivity index (χ2v) is 6.65. The first-order chi connectivity index (χ1) is 9.81. The van der Waals surface area contributed by atoms with E-state index in [9.17, 15) is 0 Å². The quantitative estimate of drug-likeness (QED) is 0.497. The average Bonchev–Trinajstić information content (AvgIpc) is 2.91. The molecule has 104 valence electrons. The zero-order valence-electron chi connectivity index (χ0n) is 11.8.